The molecule has 3 rings (SSSR count). The van der Waals surface area contributed by atoms with Crippen molar-refractivity contribution >= 4 is 46.3 Å². The van der Waals surface area contributed by atoms with E-state index in [1.807, 2.05) is 50.2 Å². The number of carbonyl (C=O) groups is 1. The highest BCUT2D eigenvalue weighted by atomic mass is 35.5. The molecular formula is C19H17ClN2OS2. The van der Waals surface area contributed by atoms with Crippen LogP contribution in [0, 0.1) is 13.8 Å². The van der Waals surface area contributed by atoms with Crippen LogP contribution in [0.2, 0.25) is 5.02 Å². The maximum atomic E-state index is 12.7. The lowest BCUT2D eigenvalue weighted by Crippen LogP contribution is -2.13. The molecule has 0 saturated heterocycles. The third-order valence-electron chi connectivity index (χ3n) is 3.61. The fourth-order valence-corrected chi connectivity index (χ4v) is 4.25. The Morgan fingerprint density at radius 2 is 2.04 bits per heavy atom. The van der Waals surface area contributed by atoms with Crippen LogP contribution in [-0.2, 0) is 5.75 Å². The Balaban J connectivity index is 1.76. The average Bonchev–Trinajstić information content (AvgIpc) is 3.01. The quantitative estimate of drug-likeness (QED) is 0.548. The van der Waals surface area contributed by atoms with Crippen LogP contribution < -0.4 is 5.32 Å². The largest absolute Gasteiger partial charge is 0.322 e. The average molecular weight is 389 g/mol. The molecule has 0 radical (unpaired) electrons. The zero-order valence-corrected chi connectivity index (χ0v) is 16.3. The fraction of sp³-hybridized carbons (Fsp3) is 0.158. The van der Waals surface area contributed by atoms with E-state index in [0.29, 0.717) is 10.6 Å². The minimum Gasteiger partial charge on any atom is -0.322 e. The number of thioether (sulfide) groups is 1. The number of aryl methyl sites for hydroxylation is 2. The van der Waals surface area contributed by atoms with Gasteiger partial charge in [-0.25, -0.2) is 4.98 Å². The van der Waals surface area contributed by atoms with Gasteiger partial charge >= 0.3 is 0 Å². The normalized spacial score (nSPS) is 10.7. The molecule has 0 aliphatic heterocycles. The monoisotopic (exact) mass is 388 g/mol. The topological polar surface area (TPSA) is 42.0 Å². The number of aromatic nitrogens is 1. The summed E-state index contributed by atoms with van der Waals surface area (Å²) < 4.78 is 0. The van der Waals surface area contributed by atoms with Gasteiger partial charge in [0.15, 0.2) is 0 Å². The van der Waals surface area contributed by atoms with Crippen LogP contribution in [0.5, 0.6) is 0 Å². The lowest BCUT2D eigenvalue weighted by molar-refractivity contribution is 0.102. The molecule has 0 aliphatic rings. The molecule has 0 spiro atoms. The molecular weight excluding hydrogens is 372 g/mol. The van der Waals surface area contributed by atoms with Crippen molar-refractivity contribution in [2.75, 3.05) is 5.32 Å². The van der Waals surface area contributed by atoms with E-state index in [1.54, 1.807) is 29.2 Å². The van der Waals surface area contributed by atoms with E-state index < -0.39 is 0 Å². The first-order valence-electron chi connectivity index (χ1n) is 7.73. The Hall–Kier alpha value is -1.82. The first kappa shape index (κ1) is 18.0. The highest BCUT2D eigenvalue weighted by Crippen LogP contribution is 2.28. The number of benzene rings is 2. The summed E-state index contributed by atoms with van der Waals surface area (Å²) in [6.07, 6.45) is 0. The first-order valence-corrected chi connectivity index (χ1v) is 9.97. The van der Waals surface area contributed by atoms with Crippen LogP contribution in [0.25, 0.3) is 0 Å². The predicted molar refractivity (Wildman–Crippen MR) is 107 cm³/mol. The summed E-state index contributed by atoms with van der Waals surface area (Å²) in [6.45, 7) is 3.92. The SMILES string of the molecule is Cc1nc(CSc2ccccc2C(=O)Nc2ccc(Cl)cc2C)cs1. The number of hydrogen-bond acceptors (Lipinski definition) is 4. The Bertz CT molecular complexity index is 908. The molecule has 0 atom stereocenters. The van der Waals surface area contributed by atoms with E-state index >= 15 is 0 Å². The summed E-state index contributed by atoms with van der Waals surface area (Å²) in [7, 11) is 0. The van der Waals surface area contributed by atoms with Crippen molar-refractivity contribution in [2.24, 2.45) is 0 Å². The lowest BCUT2D eigenvalue weighted by atomic mass is 10.1. The van der Waals surface area contributed by atoms with Crippen LogP contribution in [-0.4, -0.2) is 10.9 Å². The zero-order chi connectivity index (χ0) is 17.8. The van der Waals surface area contributed by atoms with Gasteiger partial charge in [-0.05, 0) is 49.7 Å². The maximum absolute atomic E-state index is 12.7. The molecule has 1 amide bonds. The Morgan fingerprint density at radius 3 is 2.76 bits per heavy atom. The van der Waals surface area contributed by atoms with Gasteiger partial charge in [-0.2, -0.15) is 0 Å². The number of halogens is 1. The molecule has 0 saturated carbocycles. The Morgan fingerprint density at radius 1 is 1.24 bits per heavy atom. The second-order valence-electron chi connectivity index (χ2n) is 5.56. The summed E-state index contributed by atoms with van der Waals surface area (Å²) in [5, 5.41) is 6.74. The van der Waals surface area contributed by atoms with Gasteiger partial charge < -0.3 is 5.32 Å². The highest BCUT2D eigenvalue weighted by Gasteiger charge is 2.13. The number of nitrogens with one attached hydrogen (secondary N) is 1. The van der Waals surface area contributed by atoms with Crippen LogP contribution in [0.1, 0.15) is 26.6 Å². The number of thiazole rings is 1. The first-order chi connectivity index (χ1) is 12.0. The third kappa shape index (κ3) is 4.63. The second kappa shape index (κ2) is 8.04. The summed E-state index contributed by atoms with van der Waals surface area (Å²) >= 11 is 9.24. The zero-order valence-electron chi connectivity index (χ0n) is 13.9. The summed E-state index contributed by atoms with van der Waals surface area (Å²) in [4.78, 5) is 18.1. The number of nitrogens with zero attached hydrogens (tertiary/aromatic N) is 1. The number of rotatable bonds is 5. The van der Waals surface area contributed by atoms with Crippen LogP contribution in [0.4, 0.5) is 5.69 Å². The van der Waals surface area contributed by atoms with E-state index in [0.717, 1.165) is 32.6 Å². The smallest absolute Gasteiger partial charge is 0.256 e. The number of carbonyl (C=O) groups excluding carboxylic acids is 1. The van der Waals surface area contributed by atoms with Gasteiger partial charge in [0, 0.05) is 26.7 Å². The molecule has 1 aromatic heterocycles. The van der Waals surface area contributed by atoms with Gasteiger partial charge in [-0.15, -0.1) is 23.1 Å². The van der Waals surface area contributed by atoms with Crippen molar-refractivity contribution in [1.29, 1.82) is 0 Å². The number of hydrogen-bond donors (Lipinski definition) is 1. The molecule has 0 unspecified atom stereocenters. The van der Waals surface area contributed by atoms with Crippen molar-refractivity contribution in [2.45, 2.75) is 24.5 Å². The summed E-state index contributed by atoms with van der Waals surface area (Å²) in [5.41, 5.74) is 3.40. The van der Waals surface area contributed by atoms with Crippen molar-refractivity contribution < 1.29 is 4.79 Å². The van der Waals surface area contributed by atoms with Gasteiger partial charge in [0.25, 0.3) is 5.91 Å². The highest BCUT2D eigenvalue weighted by molar-refractivity contribution is 7.98. The van der Waals surface area contributed by atoms with Crippen molar-refractivity contribution in [3.05, 3.63) is 74.7 Å². The molecule has 3 nitrogen and oxygen atoms in total. The molecule has 0 bridgehead atoms. The second-order valence-corrected chi connectivity index (χ2v) is 8.07. The van der Waals surface area contributed by atoms with Gasteiger partial charge in [0.1, 0.15) is 0 Å². The van der Waals surface area contributed by atoms with E-state index in [2.05, 4.69) is 15.7 Å². The molecule has 25 heavy (non-hydrogen) atoms. The molecule has 128 valence electrons. The minimum atomic E-state index is -0.122. The number of anilines is 1. The lowest BCUT2D eigenvalue weighted by Gasteiger charge is -2.11. The van der Waals surface area contributed by atoms with Crippen molar-refractivity contribution in [1.82, 2.24) is 4.98 Å². The van der Waals surface area contributed by atoms with Crippen molar-refractivity contribution in [3.8, 4) is 0 Å². The molecule has 1 N–H and O–H groups in total. The van der Waals surface area contributed by atoms with E-state index in [1.165, 1.54) is 0 Å². The van der Waals surface area contributed by atoms with Crippen LogP contribution in [0.15, 0.2) is 52.7 Å². The van der Waals surface area contributed by atoms with Gasteiger partial charge in [-0.1, -0.05) is 23.7 Å². The number of amides is 1. The van der Waals surface area contributed by atoms with Crippen LogP contribution >= 0.6 is 34.7 Å². The Kier molecular flexibility index (Phi) is 5.78. The summed E-state index contributed by atoms with van der Waals surface area (Å²) in [6, 6.07) is 13.1. The molecule has 1 heterocycles. The van der Waals surface area contributed by atoms with Gasteiger partial charge in [-0.3, -0.25) is 4.79 Å². The van der Waals surface area contributed by atoms with Gasteiger partial charge in [0.05, 0.1) is 16.3 Å². The molecule has 2 aromatic carbocycles. The predicted octanol–water partition coefficient (Wildman–Crippen LogP) is 5.96. The maximum Gasteiger partial charge on any atom is 0.256 e. The third-order valence-corrected chi connectivity index (χ3v) is 5.77. The van der Waals surface area contributed by atoms with Crippen molar-refractivity contribution in [3.63, 3.8) is 0 Å². The molecule has 0 fully saturated rings. The molecule has 3 aromatic rings. The standard InChI is InChI=1S/C19H17ClN2OS2/c1-12-9-14(20)7-8-17(12)22-19(23)16-5-3-4-6-18(16)25-11-15-10-24-13(2)21-15/h3-10H,11H2,1-2H3,(H,22,23). The van der Waals surface area contributed by atoms with Gasteiger partial charge in [0.2, 0.25) is 0 Å². The van der Waals surface area contributed by atoms with E-state index in [4.69, 9.17) is 11.6 Å². The van der Waals surface area contributed by atoms with E-state index in [-0.39, 0.29) is 5.91 Å². The van der Waals surface area contributed by atoms with Crippen LogP contribution in [0.3, 0.4) is 0 Å². The Labute approximate surface area is 160 Å². The molecule has 0 aliphatic carbocycles. The minimum absolute atomic E-state index is 0.122. The fourth-order valence-electron chi connectivity index (χ4n) is 2.36. The summed E-state index contributed by atoms with van der Waals surface area (Å²) in [5.74, 6) is 0.622. The van der Waals surface area contributed by atoms with E-state index in [9.17, 15) is 4.79 Å². The molecule has 6 heteroatoms.